The molecule has 2 nitrogen and oxygen atoms in total. The molecule has 1 heterocycles. The molecule has 0 radical (unpaired) electrons. The Labute approximate surface area is 115 Å². The normalized spacial score (nSPS) is 19.3. The Morgan fingerprint density at radius 3 is 1.89 bits per heavy atom. The van der Waals surface area contributed by atoms with Crippen LogP contribution in [-0.2, 0) is 0 Å². The summed E-state index contributed by atoms with van der Waals surface area (Å²) < 4.78 is 0. The average molecular weight is 254 g/mol. The van der Waals surface area contributed by atoms with Crippen molar-refractivity contribution in [3.63, 3.8) is 0 Å². The van der Waals surface area contributed by atoms with E-state index in [0.717, 1.165) is 0 Å². The first-order valence-corrected chi connectivity index (χ1v) is 8.01. The van der Waals surface area contributed by atoms with E-state index in [1.807, 2.05) is 0 Å². The molecule has 0 unspecified atom stereocenters. The molecule has 18 heavy (non-hydrogen) atoms. The zero-order chi connectivity index (χ0) is 13.4. The summed E-state index contributed by atoms with van der Waals surface area (Å²) in [7, 11) is 0. The molecule has 1 aliphatic rings. The van der Waals surface area contributed by atoms with Crippen molar-refractivity contribution in [2.45, 2.75) is 71.8 Å². The largest absolute Gasteiger partial charge is 0.301 e. The van der Waals surface area contributed by atoms with E-state index < -0.39 is 0 Å². The number of hydrogen-bond donors (Lipinski definition) is 0. The van der Waals surface area contributed by atoms with E-state index in [9.17, 15) is 0 Å². The predicted molar refractivity (Wildman–Crippen MR) is 81.1 cm³/mol. The van der Waals surface area contributed by atoms with E-state index in [1.165, 1.54) is 71.2 Å². The quantitative estimate of drug-likeness (QED) is 0.638. The van der Waals surface area contributed by atoms with Crippen LogP contribution in [0.2, 0.25) is 0 Å². The smallest absolute Gasteiger partial charge is 0.0126 e. The van der Waals surface area contributed by atoms with E-state index in [0.29, 0.717) is 5.54 Å². The third-order valence-corrected chi connectivity index (χ3v) is 4.15. The van der Waals surface area contributed by atoms with Crippen LogP contribution >= 0.6 is 0 Å². The molecule has 0 aliphatic carbocycles. The zero-order valence-electron chi connectivity index (χ0n) is 13.2. The zero-order valence-corrected chi connectivity index (χ0v) is 13.2. The van der Waals surface area contributed by atoms with Crippen molar-refractivity contribution in [2.24, 2.45) is 0 Å². The molecule has 0 N–H and O–H groups in total. The van der Waals surface area contributed by atoms with Gasteiger partial charge in [0.25, 0.3) is 0 Å². The molecule has 0 atom stereocenters. The topological polar surface area (TPSA) is 6.48 Å². The minimum Gasteiger partial charge on any atom is -0.301 e. The highest BCUT2D eigenvalue weighted by Crippen LogP contribution is 2.16. The first-order chi connectivity index (χ1) is 8.54. The summed E-state index contributed by atoms with van der Waals surface area (Å²) in [6.45, 7) is 15.6. The Morgan fingerprint density at radius 1 is 0.778 bits per heavy atom. The van der Waals surface area contributed by atoms with Crippen molar-refractivity contribution in [3.05, 3.63) is 0 Å². The van der Waals surface area contributed by atoms with Gasteiger partial charge in [0, 0.05) is 31.7 Å². The summed E-state index contributed by atoms with van der Waals surface area (Å²) in [5.41, 5.74) is 0.353. The van der Waals surface area contributed by atoms with Gasteiger partial charge in [0.05, 0.1) is 0 Å². The van der Waals surface area contributed by atoms with E-state index in [4.69, 9.17) is 0 Å². The maximum Gasteiger partial charge on any atom is 0.0126 e. The van der Waals surface area contributed by atoms with Gasteiger partial charge in [-0.2, -0.15) is 0 Å². The lowest BCUT2D eigenvalue weighted by molar-refractivity contribution is 0.0616. The number of piperazine rings is 1. The van der Waals surface area contributed by atoms with Crippen LogP contribution in [0.3, 0.4) is 0 Å². The maximum atomic E-state index is 2.65. The van der Waals surface area contributed by atoms with E-state index >= 15 is 0 Å². The summed E-state index contributed by atoms with van der Waals surface area (Å²) >= 11 is 0. The Bertz CT molecular complexity index is 200. The minimum atomic E-state index is 0.353. The molecule has 2 heteroatoms. The van der Waals surface area contributed by atoms with Crippen molar-refractivity contribution in [3.8, 4) is 0 Å². The predicted octanol–water partition coefficient (Wildman–Crippen LogP) is 3.76. The van der Waals surface area contributed by atoms with Crippen LogP contribution in [0.1, 0.15) is 66.2 Å². The van der Waals surface area contributed by atoms with Crippen molar-refractivity contribution in [2.75, 3.05) is 32.7 Å². The van der Waals surface area contributed by atoms with Crippen LogP contribution in [0.5, 0.6) is 0 Å². The number of unbranched alkanes of at least 4 members (excludes halogenated alkanes) is 5. The third-order valence-electron chi connectivity index (χ3n) is 4.15. The van der Waals surface area contributed by atoms with Gasteiger partial charge in [-0.05, 0) is 33.7 Å². The maximum absolute atomic E-state index is 2.65. The van der Waals surface area contributed by atoms with E-state index in [1.54, 1.807) is 0 Å². The Balaban J connectivity index is 2.02. The fourth-order valence-electron chi connectivity index (χ4n) is 2.76. The van der Waals surface area contributed by atoms with Gasteiger partial charge in [0.2, 0.25) is 0 Å². The van der Waals surface area contributed by atoms with Crippen molar-refractivity contribution in [1.82, 2.24) is 9.80 Å². The van der Waals surface area contributed by atoms with E-state index in [-0.39, 0.29) is 0 Å². The lowest BCUT2D eigenvalue weighted by Crippen LogP contribution is -2.53. The summed E-state index contributed by atoms with van der Waals surface area (Å²) in [5.74, 6) is 0. The highest BCUT2D eigenvalue weighted by atomic mass is 15.3. The summed E-state index contributed by atoms with van der Waals surface area (Å²) in [4.78, 5) is 5.27. The van der Waals surface area contributed by atoms with Gasteiger partial charge in [0.15, 0.2) is 0 Å². The molecule has 108 valence electrons. The lowest BCUT2D eigenvalue weighted by atomic mass is 10.0. The monoisotopic (exact) mass is 254 g/mol. The molecule has 0 aromatic carbocycles. The van der Waals surface area contributed by atoms with Gasteiger partial charge in [0.1, 0.15) is 0 Å². The summed E-state index contributed by atoms with van der Waals surface area (Å²) in [5, 5.41) is 0. The second-order valence-electron chi connectivity index (χ2n) is 6.77. The van der Waals surface area contributed by atoms with Gasteiger partial charge < -0.3 is 4.90 Å². The Hall–Kier alpha value is -0.0800. The molecule has 1 aliphatic heterocycles. The van der Waals surface area contributed by atoms with Crippen LogP contribution in [0.15, 0.2) is 0 Å². The Kier molecular flexibility index (Phi) is 7.25. The summed E-state index contributed by atoms with van der Waals surface area (Å²) in [6, 6.07) is 0. The van der Waals surface area contributed by atoms with Crippen molar-refractivity contribution in [1.29, 1.82) is 0 Å². The lowest BCUT2D eigenvalue weighted by Gasteiger charge is -2.42. The molecule has 1 rings (SSSR count). The van der Waals surface area contributed by atoms with Gasteiger partial charge in [-0.25, -0.2) is 0 Å². The van der Waals surface area contributed by atoms with Gasteiger partial charge in [-0.3, -0.25) is 4.90 Å². The fraction of sp³-hybridized carbons (Fsp3) is 1.00. The van der Waals surface area contributed by atoms with E-state index in [2.05, 4.69) is 37.5 Å². The molecule has 0 bridgehead atoms. The Morgan fingerprint density at radius 2 is 1.33 bits per heavy atom. The highest BCUT2D eigenvalue weighted by molar-refractivity contribution is 4.81. The molecule has 1 fully saturated rings. The third kappa shape index (κ3) is 6.19. The van der Waals surface area contributed by atoms with Crippen molar-refractivity contribution < 1.29 is 0 Å². The molecule has 1 saturated heterocycles. The molecule has 0 aromatic rings. The van der Waals surface area contributed by atoms with Crippen LogP contribution in [0.4, 0.5) is 0 Å². The molecule has 0 saturated carbocycles. The molecule has 0 amide bonds. The first-order valence-electron chi connectivity index (χ1n) is 8.01. The number of hydrogen-bond acceptors (Lipinski definition) is 2. The molecule has 0 spiro atoms. The summed E-state index contributed by atoms with van der Waals surface area (Å²) in [6.07, 6.45) is 8.49. The average Bonchev–Trinajstić information content (AvgIpc) is 2.33. The van der Waals surface area contributed by atoms with Gasteiger partial charge in [-0.1, -0.05) is 39.0 Å². The second kappa shape index (κ2) is 8.16. The standard InChI is InChI=1S/C16H34N2/c1-5-6-7-8-9-10-11-17-12-14-18(15-13-17)16(2,3)4/h5-15H2,1-4H3. The molecular formula is C16H34N2. The number of nitrogens with zero attached hydrogens (tertiary/aromatic N) is 2. The molecular weight excluding hydrogens is 220 g/mol. The van der Waals surface area contributed by atoms with Crippen molar-refractivity contribution >= 4 is 0 Å². The minimum absolute atomic E-state index is 0.353. The first kappa shape index (κ1) is 16.0. The fourth-order valence-corrected chi connectivity index (χ4v) is 2.76. The van der Waals surface area contributed by atoms with Crippen LogP contribution in [0, 0.1) is 0 Å². The van der Waals surface area contributed by atoms with Gasteiger partial charge in [-0.15, -0.1) is 0 Å². The second-order valence-corrected chi connectivity index (χ2v) is 6.77. The van der Waals surface area contributed by atoms with Crippen LogP contribution in [0.25, 0.3) is 0 Å². The number of rotatable bonds is 7. The SMILES string of the molecule is CCCCCCCCN1CCN(C(C)(C)C)CC1. The molecule has 0 aromatic heterocycles. The highest BCUT2D eigenvalue weighted by Gasteiger charge is 2.25. The van der Waals surface area contributed by atoms with Crippen LogP contribution < -0.4 is 0 Å². The van der Waals surface area contributed by atoms with Crippen LogP contribution in [-0.4, -0.2) is 48.1 Å². The van der Waals surface area contributed by atoms with Gasteiger partial charge >= 0.3 is 0 Å².